The van der Waals surface area contributed by atoms with Crippen LogP contribution >= 0.6 is 0 Å². The molecule has 6 rings (SSSR count). The maximum absolute atomic E-state index is 10.1. The highest BCUT2D eigenvalue weighted by molar-refractivity contribution is 6.25. The predicted octanol–water partition coefficient (Wildman–Crippen LogP) is 6.59. The maximum Gasteiger partial charge on any atom is 0.141 e. The van der Waals surface area contributed by atoms with Gasteiger partial charge in [0, 0.05) is 10.8 Å². The standard InChI is InChI=1S/C26H16N2O/c29-23-6-2-5-19-9-12-20(28-26(19)23)15-27-22-14-11-18-8-7-16-3-1-4-17-10-13-21(22)25(18)24(16)17/h1-15,29H. The van der Waals surface area contributed by atoms with Crippen molar-refractivity contribution in [3.8, 4) is 5.75 Å². The molecule has 0 radical (unpaired) electrons. The molecule has 5 aromatic carbocycles. The number of phenolic OH excluding ortho intramolecular Hbond substituents is 1. The first-order chi connectivity index (χ1) is 14.3. The lowest BCUT2D eigenvalue weighted by atomic mass is 9.94. The molecule has 0 fully saturated rings. The Hall–Kier alpha value is -3.98. The maximum atomic E-state index is 10.1. The Kier molecular flexibility index (Phi) is 3.32. The van der Waals surface area contributed by atoms with Crippen LogP contribution < -0.4 is 0 Å². The second-order valence-corrected chi connectivity index (χ2v) is 7.28. The van der Waals surface area contributed by atoms with Crippen molar-refractivity contribution >= 4 is 55.1 Å². The largest absolute Gasteiger partial charge is 0.506 e. The van der Waals surface area contributed by atoms with Gasteiger partial charge in [-0.15, -0.1) is 0 Å². The van der Waals surface area contributed by atoms with Gasteiger partial charge in [-0.05, 0) is 45.1 Å². The first-order valence-corrected chi connectivity index (χ1v) is 9.57. The van der Waals surface area contributed by atoms with E-state index in [-0.39, 0.29) is 5.75 Å². The van der Waals surface area contributed by atoms with Crippen molar-refractivity contribution in [1.82, 2.24) is 4.98 Å². The molecule has 0 aliphatic heterocycles. The quantitative estimate of drug-likeness (QED) is 0.275. The van der Waals surface area contributed by atoms with Crippen molar-refractivity contribution in [2.75, 3.05) is 0 Å². The molecule has 0 saturated heterocycles. The third-order valence-corrected chi connectivity index (χ3v) is 5.56. The van der Waals surface area contributed by atoms with Gasteiger partial charge < -0.3 is 5.11 Å². The van der Waals surface area contributed by atoms with Crippen molar-refractivity contribution in [2.24, 2.45) is 4.99 Å². The van der Waals surface area contributed by atoms with Crippen LogP contribution in [0.1, 0.15) is 5.69 Å². The lowest BCUT2D eigenvalue weighted by Gasteiger charge is -2.11. The van der Waals surface area contributed by atoms with E-state index in [1.807, 2.05) is 24.3 Å². The predicted molar refractivity (Wildman–Crippen MR) is 121 cm³/mol. The van der Waals surface area contributed by atoms with Gasteiger partial charge in [0.2, 0.25) is 0 Å². The number of hydrogen-bond donors (Lipinski definition) is 1. The summed E-state index contributed by atoms with van der Waals surface area (Å²) in [6.07, 6.45) is 1.76. The summed E-state index contributed by atoms with van der Waals surface area (Å²) in [6.45, 7) is 0. The van der Waals surface area contributed by atoms with Gasteiger partial charge >= 0.3 is 0 Å². The summed E-state index contributed by atoms with van der Waals surface area (Å²) in [4.78, 5) is 9.30. The molecular formula is C26H16N2O. The van der Waals surface area contributed by atoms with Crippen LogP contribution in [-0.4, -0.2) is 16.3 Å². The molecular weight excluding hydrogens is 356 g/mol. The molecule has 0 bridgehead atoms. The van der Waals surface area contributed by atoms with Crippen LogP contribution in [0.4, 0.5) is 5.69 Å². The van der Waals surface area contributed by atoms with Gasteiger partial charge in [0.25, 0.3) is 0 Å². The van der Waals surface area contributed by atoms with Gasteiger partial charge in [-0.25, -0.2) is 4.98 Å². The van der Waals surface area contributed by atoms with Gasteiger partial charge in [0.05, 0.1) is 17.6 Å². The molecule has 0 saturated carbocycles. The zero-order valence-corrected chi connectivity index (χ0v) is 15.5. The Balaban J connectivity index is 1.53. The molecule has 6 aromatic rings. The Labute approximate surface area is 166 Å². The van der Waals surface area contributed by atoms with Crippen LogP contribution in [0.15, 0.2) is 89.9 Å². The third kappa shape index (κ3) is 2.44. The van der Waals surface area contributed by atoms with Crippen molar-refractivity contribution in [3.05, 3.63) is 90.6 Å². The highest BCUT2D eigenvalue weighted by atomic mass is 16.3. The number of aromatic nitrogens is 1. The summed E-state index contributed by atoms with van der Waals surface area (Å²) in [5.74, 6) is 0.181. The molecule has 3 heteroatoms. The molecule has 0 aliphatic rings. The van der Waals surface area contributed by atoms with E-state index in [2.05, 4.69) is 59.6 Å². The number of aliphatic imine (C=N–C) groups is 1. The van der Waals surface area contributed by atoms with E-state index in [1.165, 1.54) is 26.9 Å². The van der Waals surface area contributed by atoms with Gasteiger partial charge in [-0.1, -0.05) is 66.7 Å². The molecule has 0 unspecified atom stereocenters. The number of fused-ring (bicyclic) bond motifs is 1. The fourth-order valence-corrected chi connectivity index (χ4v) is 4.19. The second kappa shape index (κ2) is 6.01. The molecule has 1 heterocycles. The SMILES string of the molecule is Oc1cccc2ccc(C=Nc3ccc4ccc5cccc6ccc3c4c56)nc12. The number of benzene rings is 5. The zero-order chi connectivity index (χ0) is 19.4. The summed E-state index contributed by atoms with van der Waals surface area (Å²) in [7, 11) is 0. The van der Waals surface area contributed by atoms with E-state index < -0.39 is 0 Å². The molecule has 29 heavy (non-hydrogen) atoms. The van der Waals surface area contributed by atoms with Crippen LogP contribution in [0.25, 0.3) is 43.2 Å². The average molecular weight is 372 g/mol. The van der Waals surface area contributed by atoms with Gasteiger partial charge in [0.15, 0.2) is 0 Å². The highest BCUT2D eigenvalue weighted by Gasteiger charge is 2.10. The monoisotopic (exact) mass is 372 g/mol. The Morgan fingerprint density at radius 2 is 1.31 bits per heavy atom. The summed E-state index contributed by atoms with van der Waals surface area (Å²) in [5, 5.41) is 18.4. The van der Waals surface area contributed by atoms with Gasteiger partial charge in [-0.2, -0.15) is 0 Å². The topological polar surface area (TPSA) is 45.5 Å². The number of rotatable bonds is 2. The van der Waals surface area contributed by atoms with Crippen molar-refractivity contribution in [1.29, 1.82) is 0 Å². The van der Waals surface area contributed by atoms with Crippen LogP contribution in [-0.2, 0) is 0 Å². The van der Waals surface area contributed by atoms with E-state index in [0.717, 1.165) is 16.5 Å². The minimum absolute atomic E-state index is 0.181. The molecule has 136 valence electrons. The molecule has 3 nitrogen and oxygen atoms in total. The molecule has 0 atom stereocenters. The summed E-state index contributed by atoms with van der Waals surface area (Å²) in [6, 6.07) is 28.5. The van der Waals surface area contributed by atoms with Crippen molar-refractivity contribution in [2.45, 2.75) is 0 Å². The number of hydrogen-bond acceptors (Lipinski definition) is 3. The first-order valence-electron chi connectivity index (χ1n) is 9.57. The zero-order valence-electron chi connectivity index (χ0n) is 15.5. The fraction of sp³-hybridized carbons (Fsp3) is 0. The van der Waals surface area contributed by atoms with Crippen molar-refractivity contribution in [3.63, 3.8) is 0 Å². The number of nitrogens with zero attached hydrogens (tertiary/aromatic N) is 2. The summed E-state index contributed by atoms with van der Waals surface area (Å²) in [5.41, 5.74) is 2.21. The second-order valence-electron chi connectivity index (χ2n) is 7.28. The van der Waals surface area contributed by atoms with E-state index in [4.69, 9.17) is 4.99 Å². The fourth-order valence-electron chi connectivity index (χ4n) is 4.19. The minimum atomic E-state index is 0.181. The van der Waals surface area contributed by atoms with E-state index >= 15 is 0 Å². The minimum Gasteiger partial charge on any atom is -0.506 e. The number of phenols is 1. The van der Waals surface area contributed by atoms with E-state index in [0.29, 0.717) is 11.2 Å². The summed E-state index contributed by atoms with van der Waals surface area (Å²) < 4.78 is 0. The van der Waals surface area contributed by atoms with Crippen LogP contribution in [0, 0.1) is 0 Å². The average Bonchev–Trinajstić information content (AvgIpc) is 2.77. The Morgan fingerprint density at radius 3 is 2.17 bits per heavy atom. The lowest BCUT2D eigenvalue weighted by molar-refractivity contribution is 0.480. The number of pyridine rings is 1. The number of para-hydroxylation sites is 1. The van der Waals surface area contributed by atoms with Crippen LogP contribution in [0.3, 0.4) is 0 Å². The van der Waals surface area contributed by atoms with Crippen LogP contribution in [0.5, 0.6) is 5.75 Å². The molecule has 0 amide bonds. The lowest BCUT2D eigenvalue weighted by Crippen LogP contribution is -1.89. The highest BCUT2D eigenvalue weighted by Crippen LogP contribution is 2.38. The molecule has 0 aliphatic carbocycles. The van der Waals surface area contributed by atoms with Crippen LogP contribution in [0.2, 0.25) is 0 Å². The number of aromatic hydroxyl groups is 1. The molecule has 0 spiro atoms. The first kappa shape index (κ1) is 16.0. The Bertz CT molecular complexity index is 1550. The normalized spacial score (nSPS) is 12.1. The van der Waals surface area contributed by atoms with E-state index in [9.17, 15) is 5.11 Å². The van der Waals surface area contributed by atoms with E-state index in [1.54, 1.807) is 12.3 Å². The van der Waals surface area contributed by atoms with Gasteiger partial charge in [-0.3, -0.25) is 4.99 Å². The van der Waals surface area contributed by atoms with Crippen molar-refractivity contribution < 1.29 is 5.11 Å². The van der Waals surface area contributed by atoms with Gasteiger partial charge in [0.1, 0.15) is 11.3 Å². The Morgan fingerprint density at radius 1 is 0.655 bits per heavy atom. The molecule has 1 N–H and O–H groups in total. The third-order valence-electron chi connectivity index (χ3n) is 5.56. The smallest absolute Gasteiger partial charge is 0.141 e. The summed E-state index contributed by atoms with van der Waals surface area (Å²) >= 11 is 0. The molecule has 1 aromatic heterocycles.